The monoisotopic (exact) mass is 212 g/mol. The predicted octanol–water partition coefficient (Wildman–Crippen LogP) is 2.95. The number of hydrogen-bond donors (Lipinski definition) is 0. The van der Waals surface area contributed by atoms with Gasteiger partial charge in [0.15, 0.2) is 5.78 Å². The van der Waals surface area contributed by atoms with Crippen molar-refractivity contribution in [1.82, 2.24) is 0 Å². The number of ether oxygens (including phenoxy) is 1. The topological polar surface area (TPSA) is 26.3 Å². The summed E-state index contributed by atoms with van der Waals surface area (Å²) in [6.45, 7) is 0.607. The maximum atomic E-state index is 11.6. The van der Waals surface area contributed by atoms with E-state index in [1.807, 2.05) is 12.1 Å². The Morgan fingerprint density at radius 1 is 1.43 bits per heavy atom. The molecule has 0 saturated heterocycles. The maximum absolute atomic E-state index is 11.6. The van der Waals surface area contributed by atoms with Crippen LogP contribution in [-0.4, -0.2) is 19.5 Å². The molecule has 0 amide bonds. The molecule has 1 aromatic rings. The Labute approximate surface area is 88.8 Å². The first-order valence-electron chi connectivity index (χ1n) is 4.52. The predicted molar refractivity (Wildman–Crippen MR) is 56.9 cm³/mol. The van der Waals surface area contributed by atoms with Gasteiger partial charge in [0.1, 0.15) is 0 Å². The lowest BCUT2D eigenvalue weighted by molar-refractivity contribution is 0.0963. The largest absolute Gasteiger partial charge is 0.385 e. The molecule has 0 aliphatic heterocycles. The van der Waals surface area contributed by atoms with Crippen molar-refractivity contribution in [1.29, 1.82) is 0 Å². The summed E-state index contributed by atoms with van der Waals surface area (Å²) in [4.78, 5) is 11.6. The third-order valence-electron chi connectivity index (χ3n) is 1.93. The van der Waals surface area contributed by atoms with Crippen LogP contribution in [0.3, 0.4) is 0 Å². The van der Waals surface area contributed by atoms with Crippen LogP contribution in [0.2, 0.25) is 5.02 Å². The fourth-order valence-electron chi connectivity index (χ4n) is 1.20. The molecule has 2 nitrogen and oxygen atoms in total. The number of ketones is 1. The molecule has 14 heavy (non-hydrogen) atoms. The quantitative estimate of drug-likeness (QED) is 0.554. The number of rotatable bonds is 5. The van der Waals surface area contributed by atoms with E-state index in [1.165, 1.54) is 0 Å². The minimum absolute atomic E-state index is 0.0765. The van der Waals surface area contributed by atoms with Crippen LogP contribution >= 0.6 is 11.6 Å². The smallest absolute Gasteiger partial charge is 0.164 e. The van der Waals surface area contributed by atoms with Crippen molar-refractivity contribution in [3.05, 3.63) is 34.9 Å². The highest BCUT2D eigenvalue weighted by atomic mass is 35.5. The van der Waals surface area contributed by atoms with Crippen molar-refractivity contribution < 1.29 is 9.53 Å². The van der Waals surface area contributed by atoms with E-state index in [0.29, 0.717) is 23.6 Å². The molecule has 0 aliphatic carbocycles. The number of Topliss-reactive ketones (excluding diaryl/α,β-unsaturated/α-hetero) is 1. The zero-order valence-corrected chi connectivity index (χ0v) is 8.88. The second-order valence-electron chi connectivity index (χ2n) is 3.00. The van der Waals surface area contributed by atoms with E-state index in [-0.39, 0.29) is 5.78 Å². The molecular weight excluding hydrogens is 200 g/mol. The highest BCUT2D eigenvalue weighted by molar-refractivity contribution is 6.33. The van der Waals surface area contributed by atoms with Gasteiger partial charge >= 0.3 is 0 Å². The van der Waals surface area contributed by atoms with Crippen molar-refractivity contribution in [2.24, 2.45) is 0 Å². The number of hydrogen-bond acceptors (Lipinski definition) is 2. The Balaban J connectivity index is 2.56. The van der Waals surface area contributed by atoms with E-state index in [0.717, 1.165) is 6.42 Å². The van der Waals surface area contributed by atoms with Gasteiger partial charge in [-0.15, -0.1) is 0 Å². The van der Waals surface area contributed by atoms with Crippen molar-refractivity contribution in [2.75, 3.05) is 13.7 Å². The molecule has 0 aliphatic rings. The standard InChI is InChI=1S/C11H13ClO2/c1-14-8-4-7-11(13)9-5-2-3-6-10(9)12/h2-3,5-6H,4,7-8H2,1H3. The van der Waals surface area contributed by atoms with Crippen LogP contribution in [0.15, 0.2) is 24.3 Å². The van der Waals surface area contributed by atoms with Crippen LogP contribution in [0.5, 0.6) is 0 Å². The van der Waals surface area contributed by atoms with Crippen molar-refractivity contribution in [3.8, 4) is 0 Å². The summed E-state index contributed by atoms with van der Waals surface area (Å²) in [6.07, 6.45) is 1.22. The first-order valence-corrected chi connectivity index (χ1v) is 4.90. The average molecular weight is 213 g/mol. The lowest BCUT2D eigenvalue weighted by Crippen LogP contribution is -2.01. The molecule has 0 bridgehead atoms. The van der Waals surface area contributed by atoms with Crippen molar-refractivity contribution in [2.45, 2.75) is 12.8 Å². The molecule has 0 spiro atoms. The molecule has 1 aromatic carbocycles. The van der Waals surface area contributed by atoms with Crippen LogP contribution in [0.25, 0.3) is 0 Å². The summed E-state index contributed by atoms with van der Waals surface area (Å²) in [5.41, 5.74) is 0.602. The first kappa shape index (κ1) is 11.2. The van der Waals surface area contributed by atoms with Gasteiger partial charge in [0.05, 0.1) is 5.02 Å². The fraction of sp³-hybridized carbons (Fsp3) is 0.364. The molecule has 76 valence electrons. The second kappa shape index (κ2) is 5.78. The zero-order valence-electron chi connectivity index (χ0n) is 8.13. The van der Waals surface area contributed by atoms with Gasteiger partial charge in [-0.05, 0) is 18.6 Å². The minimum atomic E-state index is 0.0765. The third-order valence-corrected chi connectivity index (χ3v) is 2.26. The Kier molecular flexibility index (Phi) is 4.63. The van der Waals surface area contributed by atoms with Gasteiger partial charge < -0.3 is 4.74 Å². The molecule has 0 unspecified atom stereocenters. The lowest BCUT2D eigenvalue weighted by Gasteiger charge is -2.02. The summed E-state index contributed by atoms with van der Waals surface area (Å²) >= 11 is 5.88. The Bertz CT molecular complexity index is 310. The van der Waals surface area contributed by atoms with Gasteiger partial charge in [0.2, 0.25) is 0 Å². The van der Waals surface area contributed by atoms with Crippen LogP contribution in [0.1, 0.15) is 23.2 Å². The van der Waals surface area contributed by atoms with Gasteiger partial charge in [-0.2, -0.15) is 0 Å². The Morgan fingerprint density at radius 3 is 2.79 bits per heavy atom. The summed E-state index contributed by atoms with van der Waals surface area (Å²) in [5, 5.41) is 0.523. The first-order chi connectivity index (χ1) is 6.75. The highest BCUT2D eigenvalue weighted by Crippen LogP contribution is 2.17. The molecule has 0 radical (unpaired) electrons. The Morgan fingerprint density at radius 2 is 2.14 bits per heavy atom. The lowest BCUT2D eigenvalue weighted by atomic mass is 10.1. The fourth-order valence-corrected chi connectivity index (χ4v) is 1.44. The van der Waals surface area contributed by atoms with Gasteiger partial charge in [-0.25, -0.2) is 0 Å². The van der Waals surface area contributed by atoms with E-state index in [9.17, 15) is 4.79 Å². The van der Waals surface area contributed by atoms with Gasteiger partial charge in [-0.3, -0.25) is 4.79 Å². The van der Waals surface area contributed by atoms with Gasteiger partial charge in [0.25, 0.3) is 0 Å². The molecular formula is C11H13ClO2. The summed E-state index contributed by atoms with van der Waals surface area (Å²) < 4.78 is 4.87. The third kappa shape index (κ3) is 3.13. The average Bonchev–Trinajstić information content (AvgIpc) is 2.18. The van der Waals surface area contributed by atoms with Crippen molar-refractivity contribution >= 4 is 17.4 Å². The summed E-state index contributed by atoms with van der Waals surface area (Å²) in [7, 11) is 1.62. The van der Waals surface area contributed by atoms with Gasteiger partial charge in [0, 0.05) is 25.7 Å². The Hall–Kier alpha value is -0.860. The van der Waals surface area contributed by atoms with Crippen LogP contribution < -0.4 is 0 Å². The molecule has 0 N–H and O–H groups in total. The zero-order chi connectivity index (χ0) is 10.4. The second-order valence-corrected chi connectivity index (χ2v) is 3.41. The van der Waals surface area contributed by atoms with Crippen molar-refractivity contribution in [3.63, 3.8) is 0 Å². The van der Waals surface area contributed by atoms with Crippen LogP contribution in [-0.2, 0) is 4.74 Å². The molecule has 0 atom stereocenters. The number of methoxy groups -OCH3 is 1. The highest BCUT2D eigenvalue weighted by Gasteiger charge is 2.08. The molecule has 0 aromatic heterocycles. The van der Waals surface area contributed by atoms with Crippen LogP contribution in [0.4, 0.5) is 0 Å². The van der Waals surface area contributed by atoms with E-state index < -0.39 is 0 Å². The normalized spacial score (nSPS) is 10.1. The number of carbonyl (C=O) groups is 1. The molecule has 0 heterocycles. The van der Waals surface area contributed by atoms with E-state index in [1.54, 1.807) is 19.2 Å². The number of carbonyl (C=O) groups excluding carboxylic acids is 1. The minimum Gasteiger partial charge on any atom is -0.385 e. The van der Waals surface area contributed by atoms with Gasteiger partial charge in [-0.1, -0.05) is 23.7 Å². The number of benzene rings is 1. The maximum Gasteiger partial charge on any atom is 0.164 e. The summed E-state index contributed by atoms with van der Waals surface area (Å²) in [6, 6.07) is 7.10. The van der Waals surface area contributed by atoms with E-state index in [4.69, 9.17) is 16.3 Å². The van der Waals surface area contributed by atoms with E-state index in [2.05, 4.69) is 0 Å². The molecule has 1 rings (SSSR count). The SMILES string of the molecule is COCCCC(=O)c1ccccc1Cl. The molecule has 0 fully saturated rings. The van der Waals surface area contributed by atoms with E-state index >= 15 is 0 Å². The molecule has 3 heteroatoms. The molecule has 0 saturated carbocycles. The van der Waals surface area contributed by atoms with Crippen LogP contribution in [0, 0.1) is 0 Å². The number of halogens is 1. The summed E-state index contributed by atoms with van der Waals surface area (Å²) in [5.74, 6) is 0.0765.